The van der Waals surface area contributed by atoms with E-state index in [1.165, 1.54) is 6.21 Å². The van der Waals surface area contributed by atoms with Gasteiger partial charge < -0.3 is 14.6 Å². The van der Waals surface area contributed by atoms with Crippen LogP contribution in [-0.2, 0) is 4.79 Å². The van der Waals surface area contributed by atoms with Crippen molar-refractivity contribution in [1.29, 1.82) is 0 Å². The second kappa shape index (κ2) is 11.3. The highest BCUT2D eigenvalue weighted by atomic mass is 16.3. The summed E-state index contributed by atoms with van der Waals surface area (Å²) in [6.45, 7) is 1.86. The molecule has 0 aliphatic carbocycles. The molecule has 1 aromatic heterocycles. The Kier molecular flexibility index (Phi) is 7.96. The molecule has 7 nitrogen and oxygen atoms in total. The number of nitrogens with one attached hydrogen (secondary N) is 2. The standard InChI is InChI=1S/C26H26N4O3/c1-19-11-16-23(33-19)10-7-17-27-29-26(32)24(28-25(31)21-8-5-4-6-9-21)18-20-12-14-22(15-13-20)30(2)3/h4-18H,1-3H3,(H,28,31)(H,29,32)/b10-7+,24-18+,27-17-. The van der Waals surface area contributed by atoms with Crippen LogP contribution in [0.2, 0.25) is 0 Å². The molecule has 0 bridgehead atoms. The predicted molar refractivity (Wildman–Crippen MR) is 132 cm³/mol. The van der Waals surface area contributed by atoms with E-state index in [-0.39, 0.29) is 11.6 Å². The molecule has 33 heavy (non-hydrogen) atoms. The van der Waals surface area contributed by atoms with Crippen molar-refractivity contribution in [1.82, 2.24) is 10.7 Å². The third-order valence-electron chi connectivity index (χ3n) is 4.60. The van der Waals surface area contributed by atoms with Crippen LogP contribution in [0.1, 0.15) is 27.4 Å². The van der Waals surface area contributed by atoms with E-state index in [1.54, 1.807) is 42.5 Å². The maximum Gasteiger partial charge on any atom is 0.287 e. The van der Waals surface area contributed by atoms with E-state index in [4.69, 9.17) is 4.42 Å². The first-order valence-corrected chi connectivity index (χ1v) is 10.3. The molecular weight excluding hydrogens is 416 g/mol. The summed E-state index contributed by atoms with van der Waals surface area (Å²) >= 11 is 0. The molecule has 2 aromatic carbocycles. The number of benzene rings is 2. The molecule has 0 fully saturated rings. The average Bonchev–Trinajstić information content (AvgIpc) is 3.24. The summed E-state index contributed by atoms with van der Waals surface area (Å²) in [4.78, 5) is 27.4. The van der Waals surface area contributed by atoms with E-state index in [1.807, 2.05) is 68.4 Å². The molecule has 0 radical (unpaired) electrons. The van der Waals surface area contributed by atoms with Gasteiger partial charge in [-0.15, -0.1) is 0 Å². The summed E-state index contributed by atoms with van der Waals surface area (Å²) in [7, 11) is 3.90. The van der Waals surface area contributed by atoms with E-state index >= 15 is 0 Å². The van der Waals surface area contributed by atoms with Crippen LogP contribution in [0.4, 0.5) is 5.69 Å². The first kappa shape index (κ1) is 23.3. The smallest absolute Gasteiger partial charge is 0.287 e. The quantitative estimate of drug-likeness (QED) is 0.310. The number of nitrogens with zero attached hydrogens (tertiary/aromatic N) is 2. The number of carbonyl (C=O) groups excluding carboxylic acids is 2. The van der Waals surface area contributed by atoms with Gasteiger partial charge in [-0.25, -0.2) is 5.43 Å². The Hall–Kier alpha value is -4.39. The Balaban J connectivity index is 1.74. The van der Waals surface area contributed by atoms with Gasteiger partial charge in [0, 0.05) is 31.6 Å². The largest absolute Gasteiger partial charge is 0.462 e. The number of aryl methyl sites for hydroxylation is 1. The zero-order chi connectivity index (χ0) is 23.6. The number of anilines is 1. The van der Waals surface area contributed by atoms with Crippen LogP contribution in [0.15, 0.2) is 88.0 Å². The molecule has 3 aromatic rings. The minimum atomic E-state index is -0.547. The van der Waals surface area contributed by atoms with Gasteiger partial charge in [0.2, 0.25) is 0 Å². The van der Waals surface area contributed by atoms with E-state index in [0.717, 1.165) is 17.0 Å². The highest BCUT2D eigenvalue weighted by Gasteiger charge is 2.14. The molecule has 0 atom stereocenters. The number of hydrogen-bond donors (Lipinski definition) is 2. The fourth-order valence-electron chi connectivity index (χ4n) is 2.86. The van der Waals surface area contributed by atoms with Gasteiger partial charge in [-0.2, -0.15) is 5.10 Å². The molecule has 2 N–H and O–H groups in total. The fourth-order valence-corrected chi connectivity index (χ4v) is 2.86. The summed E-state index contributed by atoms with van der Waals surface area (Å²) in [6.07, 6.45) is 6.40. The number of furan rings is 1. The summed E-state index contributed by atoms with van der Waals surface area (Å²) in [5, 5.41) is 6.60. The van der Waals surface area contributed by atoms with Gasteiger partial charge in [-0.1, -0.05) is 30.3 Å². The first-order chi connectivity index (χ1) is 15.9. The van der Waals surface area contributed by atoms with Crippen LogP contribution in [0.5, 0.6) is 0 Å². The highest BCUT2D eigenvalue weighted by Crippen LogP contribution is 2.14. The third-order valence-corrected chi connectivity index (χ3v) is 4.60. The van der Waals surface area contributed by atoms with Crippen LogP contribution >= 0.6 is 0 Å². The van der Waals surface area contributed by atoms with Crippen molar-refractivity contribution in [2.45, 2.75) is 6.92 Å². The van der Waals surface area contributed by atoms with Crippen molar-refractivity contribution in [2.75, 3.05) is 19.0 Å². The van der Waals surface area contributed by atoms with Crippen LogP contribution in [0, 0.1) is 6.92 Å². The van der Waals surface area contributed by atoms with Gasteiger partial charge in [0.05, 0.1) is 0 Å². The van der Waals surface area contributed by atoms with Crippen molar-refractivity contribution >= 4 is 35.9 Å². The van der Waals surface area contributed by atoms with Crippen LogP contribution < -0.4 is 15.6 Å². The molecule has 7 heteroatoms. The Bertz CT molecular complexity index is 1170. The maximum absolute atomic E-state index is 12.8. The lowest BCUT2D eigenvalue weighted by molar-refractivity contribution is -0.117. The van der Waals surface area contributed by atoms with Gasteiger partial charge in [-0.3, -0.25) is 9.59 Å². The van der Waals surface area contributed by atoms with E-state index < -0.39 is 5.91 Å². The number of rotatable bonds is 8. The molecule has 0 aliphatic rings. The van der Waals surface area contributed by atoms with Gasteiger partial charge in [-0.05, 0) is 67.1 Å². The first-order valence-electron chi connectivity index (χ1n) is 10.3. The lowest BCUT2D eigenvalue weighted by atomic mass is 10.1. The minimum absolute atomic E-state index is 0.0734. The number of carbonyl (C=O) groups is 2. The Morgan fingerprint density at radius 2 is 1.70 bits per heavy atom. The molecule has 0 aliphatic heterocycles. The molecule has 2 amide bonds. The van der Waals surface area contributed by atoms with Gasteiger partial charge in [0.1, 0.15) is 17.2 Å². The monoisotopic (exact) mass is 442 g/mol. The van der Waals surface area contributed by atoms with E-state index in [9.17, 15) is 9.59 Å². The number of allylic oxidation sites excluding steroid dienone is 1. The number of hydrogen-bond acceptors (Lipinski definition) is 5. The second-order valence-corrected chi connectivity index (χ2v) is 7.39. The second-order valence-electron chi connectivity index (χ2n) is 7.39. The summed E-state index contributed by atoms with van der Waals surface area (Å²) in [5.74, 6) is 0.554. The fraction of sp³-hybridized carbons (Fsp3) is 0.115. The molecule has 0 spiro atoms. The topological polar surface area (TPSA) is 86.9 Å². The van der Waals surface area contributed by atoms with Crippen molar-refractivity contribution < 1.29 is 14.0 Å². The van der Waals surface area contributed by atoms with Crippen LogP contribution in [0.25, 0.3) is 12.2 Å². The summed E-state index contributed by atoms with van der Waals surface area (Å²) in [6, 6.07) is 20.0. The Labute approximate surface area is 193 Å². The van der Waals surface area contributed by atoms with Crippen molar-refractivity contribution in [3.8, 4) is 0 Å². The van der Waals surface area contributed by atoms with E-state index in [0.29, 0.717) is 11.3 Å². The number of amides is 2. The van der Waals surface area contributed by atoms with Crippen molar-refractivity contribution in [3.63, 3.8) is 0 Å². The Morgan fingerprint density at radius 3 is 2.33 bits per heavy atom. The average molecular weight is 443 g/mol. The Morgan fingerprint density at radius 1 is 0.970 bits per heavy atom. The van der Waals surface area contributed by atoms with Crippen molar-refractivity contribution in [3.05, 3.63) is 101 Å². The number of hydrazone groups is 1. The summed E-state index contributed by atoms with van der Waals surface area (Å²) in [5.41, 5.74) is 4.74. The third kappa shape index (κ3) is 7.07. The van der Waals surface area contributed by atoms with Crippen LogP contribution in [-0.4, -0.2) is 32.1 Å². The molecular formula is C26H26N4O3. The minimum Gasteiger partial charge on any atom is -0.462 e. The van der Waals surface area contributed by atoms with E-state index in [2.05, 4.69) is 15.8 Å². The normalized spacial score (nSPS) is 11.7. The summed E-state index contributed by atoms with van der Waals surface area (Å²) < 4.78 is 5.43. The van der Waals surface area contributed by atoms with Gasteiger partial charge in [0.15, 0.2) is 0 Å². The molecule has 1 heterocycles. The van der Waals surface area contributed by atoms with Crippen LogP contribution in [0.3, 0.4) is 0 Å². The molecule has 0 saturated carbocycles. The lowest BCUT2D eigenvalue weighted by Gasteiger charge is -2.12. The molecule has 168 valence electrons. The van der Waals surface area contributed by atoms with Gasteiger partial charge in [0.25, 0.3) is 11.8 Å². The molecule has 0 saturated heterocycles. The zero-order valence-electron chi connectivity index (χ0n) is 18.8. The van der Waals surface area contributed by atoms with Crippen molar-refractivity contribution in [2.24, 2.45) is 5.10 Å². The predicted octanol–water partition coefficient (Wildman–Crippen LogP) is 4.24. The molecule has 0 unspecified atom stereocenters. The zero-order valence-corrected chi connectivity index (χ0v) is 18.8. The van der Waals surface area contributed by atoms with Gasteiger partial charge >= 0.3 is 0 Å². The highest BCUT2D eigenvalue weighted by molar-refractivity contribution is 6.05. The maximum atomic E-state index is 12.8. The molecule has 3 rings (SSSR count). The lowest BCUT2D eigenvalue weighted by Crippen LogP contribution is -2.32. The SMILES string of the molecule is Cc1ccc(/C=C/C=N\NC(=O)/C(=C\c2ccc(N(C)C)cc2)NC(=O)c2ccccc2)o1.